The molecular formula is C17H19N3O2. The van der Waals surface area contributed by atoms with Crippen molar-refractivity contribution in [2.75, 3.05) is 6.54 Å². The number of nitrogens with zero attached hydrogens (tertiary/aromatic N) is 2. The Morgan fingerprint density at radius 1 is 1.36 bits per heavy atom. The Morgan fingerprint density at radius 2 is 2.14 bits per heavy atom. The highest BCUT2D eigenvalue weighted by molar-refractivity contribution is 6.05. The Hall–Kier alpha value is -2.43. The summed E-state index contributed by atoms with van der Waals surface area (Å²) in [4.78, 5) is 26.5. The molecule has 0 saturated carbocycles. The number of rotatable bonds is 4. The van der Waals surface area contributed by atoms with Crippen LogP contribution in [0.15, 0.2) is 41.2 Å². The third-order valence-electron chi connectivity index (χ3n) is 4.07. The molecule has 1 aromatic carbocycles. The Balaban J connectivity index is 1.96. The van der Waals surface area contributed by atoms with E-state index in [4.69, 9.17) is 0 Å². The monoisotopic (exact) mass is 297 g/mol. The predicted molar refractivity (Wildman–Crippen MR) is 85.9 cm³/mol. The molecule has 0 radical (unpaired) electrons. The van der Waals surface area contributed by atoms with Gasteiger partial charge >= 0.3 is 0 Å². The van der Waals surface area contributed by atoms with Crippen molar-refractivity contribution >= 4 is 16.7 Å². The summed E-state index contributed by atoms with van der Waals surface area (Å²) in [7, 11) is 0. The van der Waals surface area contributed by atoms with E-state index >= 15 is 0 Å². The van der Waals surface area contributed by atoms with E-state index in [0.29, 0.717) is 23.0 Å². The molecule has 0 bridgehead atoms. The molecule has 3 rings (SSSR count). The van der Waals surface area contributed by atoms with Gasteiger partial charge in [0.2, 0.25) is 0 Å². The number of benzene rings is 1. The normalized spacial score (nSPS) is 17.3. The molecule has 5 heteroatoms. The zero-order valence-electron chi connectivity index (χ0n) is 12.6. The Labute approximate surface area is 128 Å². The second-order valence-electron chi connectivity index (χ2n) is 5.54. The van der Waals surface area contributed by atoms with Crippen molar-refractivity contribution in [2.24, 2.45) is 0 Å². The van der Waals surface area contributed by atoms with Gasteiger partial charge in [-0.2, -0.15) is 5.10 Å². The Morgan fingerprint density at radius 3 is 2.91 bits per heavy atom. The van der Waals surface area contributed by atoms with Gasteiger partial charge in [-0.05, 0) is 12.5 Å². The van der Waals surface area contributed by atoms with Gasteiger partial charge in [0, 0.05) is 11.9 Å². The summed E-state index contributed by atoms with van der Waals surface area (Å²) in [6.45, 7) is 2.74. The number of nitrogens with one attached hydrogen (secondary N) is 1. The van der Waals surface area contributed by atoms with Gasteiger partial charge in [-0.25, -0.2) is 5.10 Å². The van der Waals surface area contributed by atoms with Gasteiger partial charge in [-0.15, -0.1) is 0 Å². The quantitative estimate of drug-likeness (QED) is 0.882. The third-order valence-corrected chi connectivity index (χ3v) is 4.07. The molecule has 1 atom stereocenters. The molecule has 0 fully saturated rings. The Kier molecular flexibility index (Phi) is 4.04. The average Bonchev–Trinajstić information content (AvgIpc) is 3.01. The van der Waals surface area contributed by atoms with Crippen LogP contribution in [0.1, 0.15) is 36.7 Å². The second-order valence-corrected chi connectivity index (χ2v) is 5.54. The standard InChI is InChI=1S/C17H19N3O2/c1-2-3-7-12-8-6-11-20(12)17(22)15-13-9-4-5-10-14(13)16(21)19-18-15/h4-6,8-10,12H,2-3,7,11H2,1H3,(H,19,21)/t12-/m1/s1. The second kappa shape index (κ2) is 6.13. The lowest BCUT2D eigenvalue weighted by molar-refractivity contribution is 0.0738. The van der Waals surface area contributed by atoms with E-state index in [2.05, 4.69) is 23.2 Å². The highest BCUT2D eigenvalue weighted by atomic mass is 16.2. The summed E-state index contributed by atoms with van der Waals surface area (Å²) in [5.41, 5.74) is 0.0506. The fraction of sp³-hybridized carbons (Fsp3) is 0.353. The van der Waals surface area contributed by atoms with Crippen LogP contribution < -0.4 is 5.56 Å². The van der Waals surface area contributed by atoms with Crippen LogP contribution in [0.25, 0.3) is 10.8 Å². The number of hydrogen-bond donors (Lipinski definition) is 1. The van der Waals surface area contributed by atoms with Crippen LogP contribution in [0.3, 0.4) is 0 Å². The molecule has 1 N–H and O–H groups in total. The van der Waals surface area contributed by atoms with E-state index in [9.17, 15) is 9.59 Å². The molecule has 0 aliphatic carbocycles. The van der Waals surface area contributed by atoms with Crippen LogP contribution in [0.2, 0.25) is 0 Å². The lowest BCUT2D eigenvalue weighted by Gasteiger charge is -2.24. The molecule has 1 aliphatic rings. The van der Waals surface area contributed by atoms with Crippen molar-refractivity contribution in [1.29, 1.82) is 0 Å². The summed E-state index contributed by atoms with van der Waals surface area (Å²) in [6, 6.07) is 7.21. The summed E-state index contributed by atoms with van der Waals surface area (Å²) >= 11 is 0. The van der Waals surface area contributed by atoms with Gasteiger partial charge in [-0.3, -0.25) is 9.59 Å². The first-order valence-corrected chi connectivity index (χ1v) is 7.67. The number of hydrogen-bond acceptors (Lipinski definition) is 3. The maximum atomic E-state index is 12.8. The van der Waals surface area contributed by atoms with E-state index in [-0.39, 0.29) is 17.5 Å². The van der Waals surface area contributed by atoms with Crippen molar-refractivity contribution < 1.29 is 4.79 Å². The number of aromatic nitrogens is 2. The zero-order valence-corrected chi connectivity index (χ0v) is 12.6. The molecule has 1 amide bonds. The molecule has 5 nitrogen and oxygen atoms in total. The first kappa shape index (κ1) is 14.5. The minimum atomic E-state index is -0.269. The minimum absolute atomic E-state index is 0.125. The number of fused-ring (bicyclic) bond motifs is 1. The largest absolute Gasteiger partial charge is 0.327 e. The van der Waals surface area contributed by atoms with Crippen molar-refractivity contribution in [2.45, 2.75) is 32.2 Å². The van der Waals surface area contributed by atoms with Crippen LogP contribution >= 0.6 is 0 Å². The fourth-order valence-corrected chi connectivity index (χ4v) is 2.88. The van der Waals surface area contributed by atoms with Crippen LogP contribution in [-0.2, 0) is 0 Å². The predicted octanol–water partition coefficient (Wildman–Crippen LogP) is 2.49. The summed E-state index contributed by atoms with van der Waals surface area (Å²) < 4.78 is 0. The topological polar surface area (TPSA) is 66.1 Å². The van der Waals surface area contributed by atoms with Crippen molar-refractivity contribution in [3.63, 3.8) is 0 Å². The average molecular weight is 297 g/mol. The first-order valence-electron chi connectivity index (χ1n) is 7.67. The minimum Gasteiger partial charge on any atom is -0.327 e. The van der Waals surface area contributed by atoms with Gasteiger partial charge < -0.3 is 4.90 Å². The molecule has 1 aliphatic heterocycles. The maximum Gasteiger partial charge on any atom is 0.275 e. The first-order chi connectivity index (χ1) is 10.7. The van der Waals surface area contributed by atoms with E-state index in [1.54, 1.807) is 18.2 Å². The summed E-state index contributed by atoms with van der Waals surface area (Å²) in [5.74, 6) is -0.126. The lowest BCUT2D eigenvalue weighted by Crippen LogP contribution is -2.37. The van der Waals surface area contributed by atoms with Crippen LogP contribution in [0.4, 0.5) is 0 Å². The number of carbonyl (C=O) groups excluding carboxylic acids is 1. The number of aromatic amines is 1. The molecule has 2 aromatic rings. The van der Waals surface area contributed by atoms with Gasteiger partial charge in [0.15, 0.2) is 5.69 Å². The van der Waals surface area contributed by atoms with E-state index < -0.39 is 0 Å². The SMILES string of the molecule is CCCC[C@@H]1C=CCN1C(=O)c1n[nH]c(=O)c2ccccc12. The van der Waals surface area contributed by atoms with Gasteiger partial charge in [-0.1, -0.05) is 50.1 Å². The molecule has 22 heavy (non-hydrogen) atoms. The van der Waals surface area contributed by atoms with Gasteiger partial charge in [0.1, 0.15) is 0 Å². The summed E-state index contributed by atoms with van der Waals surface area (Å²) in [5, 5.41) is 7.55. The molecule has 0 unspecified atom stereocenters. The van der Waals surface area contributed by atoms with Crippen LogP contribution in [-0.4, -0.2) is 33.6 Å². The molecule has 0 spiro atoms. The Bertz CT molecular complexity index is 779. The molecule has 1 aromatic heterocycles. The van der Waals surface area contributed by atoms with E-state index in [0.717, 1.165) is 19.3 Å². The van der Waals surface area contributed by atoms with Gasteiger partial charge in [0.05, 0.1) is 11.4 Å². The highest BCUT2D eigenvalue weighted by Gasteiger charge is 2.27. The maximum absolute atomic E-state index is 12.8. The van der Waals surface area contributed by atoms with E-state index in [1.807, 2.05) is 17.0 Å². The van der Waals surface area contributed by atoms with E-state index in [1.165, 1.54) is 0 Å². The fourth-order valence-electron chi connectivity index (χ4n) is 2.88. The number of carbonyl (C=O) groups is 1. The highest BCUT2D eigenvalue weighted by Crippen LogP contribution is 2.21. The molecular weight excluding hydrogens is 278 g/mol. The third kappa shape index (κ3) is 2.54. The van der Waals surface area contributed by atoms with Crippen molar-refractivity contribution in [3.8, 4) is 0 Å². The van der Waals surface area contributed by atoms with Gasteiger partial charge in [0.25, 0.3) is 11.5 Å². The van der Waals surface area contributed by atoms with Crippen LogP contribution in [0, 0.1) is 0 Å². The smallest absolute Gasteiger partial charge is 0.275 e. The number of H-pyrrole nitrogens is 1. The van der Waals surface area contributed by atoms with Crippen molar-refractivity contribution in [1.82, 2.24) is 15.1 Å². The zero-order chi connectivity index (χ0) is 15.5. The number of unbranched alkanes of at least 4 members (excludes halogenated alkanes) is 1. The lowest BCUT2D eigenvalue weighted by atomic mass is 10.1. The molecule has 0 saturated heterocycles. The van der Waals surface area contributed by atoms with Crippen molar-refractivity contribution in [3.05, 3.63) is 52.5 Å². The molecule has 2 heterocycles. The molecule has 114 valence electrons. The van der Waals surface area contributed by atoms with Crippen LogP contribution in [0.5, 0.6) is 0 Å². The number of amides is 1. The summed E-state index contributed by atoms with van der Waals surface area (Å²) in [6.07, 6.45) is 7.25.